The van der Waals surface area contributed by atoms with Crippen molar-refractivity contribution in [2.45, 2.75) is 13.8 Å². The monoisotopic (exact) mass is 275 g/mol. The van der Waals surface area contributed by atoms with Gasteiger partial charge in [0.05, 0.1) is 11.4 Å². The van der Waals surface area contributed by atoms with E-state index in [9.17, 15) is 8.42 Å². The highest BCUT2D eigenvalue weighted by atomic mass is 32.2. The molecule has 0 saturated heterocycles. The van der Waals surface area contributed by atoms with E-state index in [2.05, 4.69) is 0 Å². The molecule has 0 amide bonds. The molecule has 2 rings (SSSR count). The molecular formula is C14H15N2O2S. The molecule has 5 heteroatoms. The zero-order valence-electron chi connectivity index (χ0n) is 10.8. The first-order valence-corrected chi connectivity index (χ1v) is 7.25. The lowest BCUT2D eigenvalue weighted by atomic mass is 10.2. The van der Waals surface area contributed by atoms with Gasteiger partial charge in [-0.1, -0.05) is 35.4 Å². The fourth-order valence-electron chi connectivity index (χ4n) is 1.79. The van der Waals surface area contributed by atoms with Gasteiger partial charge in [0.15, 0.2) is 0 Å². The summed E-state index contributed by atoms with van der Waals surface area (Å²) < 4.78 is 24.4. The van der Waals surface area contributed by atoms with Crippen molar-refractivity contribution in [1.82, 2.24) is 5.14 Å². The number of hydrogen-bond donors (Lipinski definition) is 0. The summed E-state index contributed by atoms with van der Waals surface area (Å²) in [5, 5.41) is 7.37. The van der Waals surface area contributed by atoms with E-state index >= 15 is 0 Å². The molecule has 0 spiro atoms. The minimum absolute atomic E-state index is 0.462. The zero-order chi connectivity index (χ0) is 14.0. The van der Waals surface area contributed by atoms with Gasteiger partial charge in [-0.3, -0.25) is 0 Å². The second kappa shape index (κ2) is 5.03. The van der Waals surface area contributed by atoms with E-state index in [1.165, 1.54) is 0 Å². The normalized spacial score (nSPS) is 11.3. The number of rotatable bonds is 3. The van der Waals surface area contributed by atoms with Crippen LogP contribution in [0.3, 0.4) is 0 Å². The van der Waals surface area contributed by atoms with Crippen LogP contribution in [0, 0.1) is 13.8 Å². The maximum Gasteiger partial charge on any atom is 0.319 e. The molecule has 0 unspecified atom stereocenters. The highest BCUT2D eigenvalue weighted by Gasteiger charge is 2.20. The molecular weight excluding hydrogens is 260 g/mol. The molecule has 99 valence electrons. The van der Waals surface area contributed by atoms with Crippen LogP contribution in [0.4, 0.5) is 11.4 Å². The van der Waals surface area contributed by atoms with E-state index in [1.807, 2.05) is 38.1 Å². The fraction of sp³-hybridized carbons (Fsp3) is 0.143. The van der Waals surface area contributed by atoms with Crippen molar-refractivity contribution in [3.05, 3.63) is 59.7 Å². The van der Waals surface area contributed by atoms with E-state index in [1.54, 1.807) is 24.3 Å². The van der Waals surface area contributed by atoms with Crippen LogP contribution in [-0.2, 0) is 10.2 Å². The van der Waals surface area contributed by atoms with Crippen molar-refractivity contribution < 1.29 is 8.42 Å². The molecule has 1 radical (unpaired) electrons. The van der Waals surface area contributed by atoms with Gasteiger partial charge in [-0.25, -0.2) is 4.31 Å². The smallest absolute Gasteiger partial charge is 0.225 e. The molecule has 2 aromatic rings. The second-order valence-electron chi connectivity index (χ2n) is 4.44. The molecule has 0 atom stereocenters. The standard InChI is InChI=1S/C14H15N2O2S/c1-11-3-7-13(8-4-11)16(19(15,17)18)14-9-5-12(2)6-10-14/h3-10,15H,1-2H3. The van der Waals surface area contributed by atoms with Crippen LogP contribution in [0.25, 0.3) is 0 Å². The number of hydrogen-bond acceptors (Lipinski definition) is 2. The Bertz CT molecular complexity index is 616. The van der Waals surface area contributed by atoms with Crippen molar-refractivity contribution >= 4 is 21.6 Å². The van der Waals surface area contributed by atoms with E-state index in [0.29, 0.717) is 11.4 Å². The average Bonchev–Trinajstić information content (AvgIpc) is 2.33. The molecule has 1 N–H and O–H groups in total. The van der Waals surface area contributed by atoms with Crippen LogP contribution in [0.15, 0.2) is 48.5 Å². The van der Waals surface area contributed by atoms with E-state index in [-0.39, 0.29) is 0 Å². The van der Waals surface area contributed by atoms with Gasteiger partial charge in [-0.05, 0) is 38.1 Å². The van der Waals surface area contributed by atoms with Gasteiger partial charge in [0, 0.05) is 0 Å². The van der Waals surface area contributed by atoms with Gasteiger partial charge in [0.2, 0.25) is 0 Å². The molecule has 0 fully saturated rings. The van der Waals surface area contributed by atoms with Gasteiger partial charge in [0.25, 0.3) is 0 Å². The Morgan fingerprint density at radius 1 is 0.789 bits per heavy atom. The molecule has 0 heterocycles. The molecule has 4 nitrogen and oxygen atoms in total. The molecule has 0 bridgehead atoms. The highest BCUT2D eigenvalue weighted by molar-refractivity contribution is 7.90. The van der Waals surface area contributed by atoms with Gasteiger partial charge in [-0.2, -0.15) is 8.42 Å². The molecule has 0 aliphatic carbocycles. The zero-order valence-corrected chi connectivity index (χ0v) is 11.6. The summed E-state index contributed by atoms with van der Waals surface area (Å²) in [4.78, 5) is 0. The minimum Gasteiger partial charge on any atom is -0.225 e. The lowest BCUT2D eigenvalue weighted by Crippen LogP contribution is -2.26. The minimum atomic E-state index is -4.11. The van der Waals surface area contributed by atoms with Crippen LogP contribution < -0.4 is 9.44 Å². The Kier molecular flexibility index (Phi) is 3.59. The van der Waals surface area contributed by atoms with Crippen LogP contribution in [0.5, 0.6) is 0 Å². The van der Waals surface area contributed by atoms with Crippen molar-refractivity contribution in [3.8, 4) is 0 Å². The Labute approximate surface area is 113 Å². The number of nitrogens with zero attached hydrogens (tertiary/aromatic N) is 1. The summed E-state index contributed by atoms with van der Waals surface area (Å²) in [5.74, 6) is 0. The molecule has 0 saturated carbocycles. The molecule has 0 aliphatic rings. The number of benzene rings is 2. The first-order chi connectivity index (χ1) is 8.88. The first-order valence-electron chi connectivity index (χ1n) is 5.81. The summed E-state index contributed by atoms with van der Waals surface area (Å²) in [6.45, 7) is 3.85. The third kappa shape index (κ3) is 3.13. The summed E-state index contributed by atoms with van der Waals surface area (Å²) in [7, 11) is -4.11. The number of aryl methyl sites for hydroxylation is 2. The Morgan fingerprint density at radius 3 is 1.37 bits per heavy atom. The molecule has 0 aliphatic heterocycles. The summed E-state index contributed by atoms with van der Waals surface area (Å²) >= 11 is 0. The lowest BCUT2D eigenvalue weighted by molar-refractivity contribution is 0.596. The lowest BCUT2D eigenvalue weighted by Gasteiger charge is -2.21. The molecule has 2 aromatic carbocycles. The predicted molar refractivity (Wildman–Crippen MR) is 76.5 cm³/mol. The van der Waals surface area contributed by atoms with E-state index in [4.69, 9.17) is 5.14 Å². The third-order valence-electron chi connectivity index (χ3n) is 2.78. The van der Waals surface area contributed by atoms with Gasteiger partial charge >= 0.3 is 10.2 Å². The molecule has 0 aromatic heterocycles. The summed E-state index contributed by atoms with van der Waals surface area (Å²) in [6, 6.07) is 14.1. The number of anilines is 2. The summed E-state index contributed by atoms with van der Waals surface area (Å²) in [5.41, 5.74) is 3.00. The van der Waals surface area contributed by atoms with Crippen LogP contribution in [0.1, 0.15) is 11.1 Å². The van der Waals surface area contributed by atoms with Gasteiger partial charge in [-0.15, -0.1) is 5.14 Å². The first kappa shape index (κ1) is 13.6. The highest BCUT2D eigenvalue weighted by Crippen LogP contribution is 2.28. The quantitative estimate of drug-likeness (QED) is 0.864. The van der Waals surface area contributed by atoms with E-state index in [0.717, 1.165) is 15.4 Å². The van der Waals surface area contributed by atoms with Crippen molar-refractivity contribution in [2.75, 3.05) is 4.31 Å². The van der Waals surface area contributed by atoms with Gasteiger partial charge < -0.3 is 0 Å². The Balaban J connectivity index is 2.54. The summed E-state index contributed by atoms with van der Waals surface area (Å²) in [6.07, 6.45) is 0. The number of nitrogens with one attached hydrogen (secondary N) is 1. The van der Waals surface area contributed by atoms with Crippen molar-refractivity contribution in [1.29, 1.82) is 0 Å². The SMILES string of the molecule is Cc1ccc(N(c2ccc(C)cc2)S([NH])(=O)=O)cc1. The molecule has 19 heavy (non-hydrogen) atoms. The topological polar surface area (TPSA) is 61.2 Å². The second-order valence-corrected chi connectivity index (χ2v) is 5.76. The largest absolute Gasteiger partial charge is 0.319 e. The van der Waals surface area contributed by atoms with Crippen molar-refractivity contribution in [3.63, 3.8) is 0 Å². The van der Waals surface area contributed by atoms with Crippen LogP contribution in [-0.4, -0.2) is 8.42 Å². The van der Waals surface area contributed by atoms with Gasteiger partial charge in [0.1, 0.15) is 0 Å². The Morgan fingerprint density at radius 2 is 1.11 bits per heavy atom. The predicted octanol–water partition coefficient (Wildman–Crippen LogP) is 2.97. The van der Waals surface area contributed by atoms with E-state index < -0.39 is 10.2 Å². The third-order valence-corrected chi connectivity index (χ3v) is 3.68. The Hall–Kier alpha value is -1.85. The maximum atomic E-state index is 11.7. The van der Waals surface area contributed by atoms with Crippen LogP contribution >= 0.6 is 0 Å². The van der Waals surface area contributed by atoms with Crippen LogP contribution in [0.2, 0.25) is 0 Å². The maximum absolute atomic E-state index is 11.7. The van der Waals surface area contributed by atoms with Crippen molar-refractivity contribution in [2.24, 2.45) is 0 Å². The fourth-order valence-corrected chi connectivity index (χ4v) is 2.59. The average molecular weight is 275 g/mol.